The van der Waals surface area contributed by atoms with Crippen LogP contribution in [-0.2, 0) is 0 Å². The number of rotatable bonds is 5. The lowest BCUT2D eigenvalue weighted by molar-refractivity contribution is 0.104. The van der Waals surface area contributed by atoms with Gasteiger partial charge in [-0.3, -0.25) is 9.80 Å². The van der Waals surface area contributed by atoms with E-state index in [1.165, 1.54) is 52.0 Å². The molecule has 2 rings (SSSR count). The van der Waals surface area contributed by atoms with Crippen LogP contribution >= 0.6 is 0 Å². The number of nitrogens with one attached hydrogen (secondary N) is 2. The van der Waals surface area contributed by atoms with Gasteiger partial charge in [-0.2, -0.15) is 0 Å². The van der Waals surface area contributed by atoms with Crippen molar-refractivity contribution in [1.82, 2.24) is 20.4 Å². The SMILES string of the molecule is CC[C@H]1CN(C(C)C)CC(C[C@H](C)N2CCCNCC2)N1. The lowest BCUT2D eigenvalue weighted by atomic mass is 9.99. The Morgan fingerprint density at radius 3 is 2.48 bits per heavy atom. The van der Waals surface area contributed by atoms with Crippen LogP contribution in [0.4, 0.5) is 0 Å². The first-order chi connectivity index (χ1) is 10.1. The number of hydrogen-bond donors (Lipinski definition) is 2. The van der Waals surface area contributed by atoms with E-state index < -0.39 is 0 Å². The molecule has 0 aromatic rings. The topological polar surface area (TPSA) is 30.5 Å². The zero-order chi connectivity index (χ0) is 15.2. The van der Waals surface area contributed by atoms with Gasteiger partial charge in [0.25, 0.3) is 0 Å². The molecule has 2 N–H and O–H groups in total. The van der Waals surface area contributed by atoms with Crippen LogP contribution in [-0.4, -0.2) is 73.2 Å². The van der Waals surface area contributed by atoms with Crippen molar-refractivity contribution in [3.8, 4) is 0 Å². The van der Waals surface area contributed by atoms with Gasteiger partial charge < -0.3 is 10.6 Å². The minimum atomic E-state index is 0.650. The molecule has 0 bridgehead atoms. The summed E-state index contributed by atoms with van der Waals surface area (Å²) < 4.78 is 0. The van der Waals surface area contributed by atoms with Crippen LogP contribution in [0.25, 0.3) is 0 Å². The first kappa shape index (κ1) is 17.2. The van der Waals surface area contributed by atoms with Crippen LogP contribution < -0.4 is 10.6 Å². The van der Waals surface area contributed by atoms with Crippen LogP contribution in [0.5, 0.6) is 0 Å². The minimum Gasteiger partial charge on any atom is -0.315 e. The van der Waals surface area contributed by atoms with Crippen LogP contribution in [0.1, 0.15) is 47.0 Å². The Morgan fingerprint density at radius 2 is 1.76 bits per heavy atom. The Bertz CT molecular complexity index is 287. The molecule has 0 aromatic carbocycles. The molecule has 0 aliphatic carbocycles. The average Bonchev–Trinajstić information content (AvgIpc) is 2.75. The molecule has 2 fully saturated rings. The maximum Gasteiger partial charge on any atom is 0.0213 e. The molecule has 0 saturated carbocycles. The van der Waals surface area contributed by atoms with E-state index in [0.717, 1.165) is 6.54 Å². The summed E-state index contributed by atoms with van der Waals surface area (Å²) in [6, 6.07) is 2.68. The highest BCUT2D eigenvalue weighted by atomic mass is 15.2. The predicted octanol–water partition coefficient (Wildman–Crippen LogP) is 1.52. The van der Waals surface area contributed by atoms with Gasteiger partial charge in [0, 0.05) is 50.3 Å². The fourth-order valence-corrected chi connectivity index (χ4v) is 3.76. The third-order valence-corrected chi connectivity index (χ3v) is 5.23. The van der Waals surface area contributed by atoms with Gasteiger partial charge in [-0.05, 0) is 53.1 Å². The third-order valence-electron chi connectivity index (χ3n) is 5.23. The van der Waals surface area contributed by atoms with E-state index in [-0.39, 0.29) is 0 Å². The Balaban J connectivity index is 1.87. The number of nitrogens with zero attached hydrogens (tertiary/aromatic N) is 2. The van der Waals surface area contributed by atoms with E-state index in [9.17, 15) is 0 Å². The summed E-state index contributed by atoms with van der Waals surface area (Å²) in [6.45, 7) is 16.6. The average molecular weight is 297 g/mol. The predicted molar refractivity (Wildman–Crippen MR) is 90.9 cm³/mol. The summed E-state index contributed by atoms with van der Waals surface area (Å²) in [6.07, 6.45) is 3.81. The normalized spacial score (nSPS) is 31.3. The fourth-order valence-electron chi connectivity index (χ4n) is 3.76. The van der Waals surface area contributed by atoms with Crippen molar-refractivity contribution >= 4 is 0 Å². The molecule has 0 radical (unpaired) electrons. The molecule has 4 heteroatoms. The highest BCUT2D eigenvalue weighted by Crippen LogP contribution is 2.16. The van der Waals surface area contributed by atoms with Gasteiger partial charge in [0.15, 0.2) is 0 Å². The van der Waals surface area contributed by atoms with Crippen molar-refractivity contribution in [3.63, 3.8) is 0 Å². The van der Waals surface area contributed by atoms with Crippen molar-refractivity contribution in [2.75, 3.05) is 39.3 Å². The quantitative estimate of drug-likeness (QED) is 0.805. The molecule has 0 aromatic heterocycles. The summed E-state index contributed by atoms with van der Waals surface area (Å²) in [5, 5.41) is 7.40. The van der Waals surface area contributed by atoms with Crippen molar-refractivity contribution < 1.29 is 0 Å². The van der Waals surface area contributed by atoms with Gasteiger partial charge in [-0.15, -0.1) is 0 Å². The van der Waals surface area contributed by atoms with Gasteiger partial charge >= 0.3 is 0 Å². The minimum absolute atomic E-state index is 0.650. The molecular weight excluding hydrogens is 260 g/mol. The monoisotopic (exact) mass is 296 g/mol. The summed E-state index contributed by atoms with van der Waals surface area (Å²) in [5.74, 6) is 0. The van der Waals surface area contributed by atoms with Crippen molar-refractivity contribution in [2.45, 2.75) is 71.1 Å². The lowest BCUT2D eigenvalue weighted by Gasteiger charge is -2.42. The zero-order valence-corrected chi connectivity index (χ0v) is 14.6. The third kappa shape index (κ3) is 5.20. The van der Waals surface area contributed by atoms with Crippen LogP contribution in [0.3, 0.4) is 0 Å². The van der Waals surface area contributed by atoms with Crippen molar-refractivity contribution in [2.24, 2.45) is 0 Å². The molecular formula is C17H36N4. The molecule has 3 atom stereocenters. The Kier molecular flexibility index (Phi) is 6.93. The molecule has 0 amide bonds. The Hall–Kier alpha value is -0.160. The van der Waals surface area contributed by atoms with E-state index in [4.69, 9.17) is 0 Å². The van der Waals surface area contributed by atoms with E-state index >= 15 is 0 Å². The number of piperazine rings is 1. The standard InChI is InChI=1S/C17H36N4/c1-5-16-12-21(14(2)3)13-17(19-16)11-15(4)20-9-6-7-18-8-10-20/h14-19H,5-13H2,1-4H3/t15-,16-,17?/m0/s1. The molecule has 2 heterocycles. The Labute approximate surface area is 131 Å². The van der Waals surface area contributed by atoms with Crippen LogP contribution in [0.2, 0.25) is 0 Å². The van der Waals surface area contributed by atoms with E-state index in [0.29, 0.717) is 24.2 Å². The highest BCUT2D eigenvalue weighted by Gasteiger charge is 2.29. The van der Waals surface area contributed by atoms with Gasteiger partial charge in [0.2, 0.25) is 0 Å². The maximum atomic E-state index is 3.89. The Morgan fingerprint density at radius 1 is 1.00 bits per heavy atom. The summed E-state index contributed by atoms with van der Waals surface area (Å²) >= 11 is 0. The first-order valence-electron chi connectivity index (χ1n) is 9.05. The lowest BCUT2D eigenvalue weighted by Crippen LogP contribution is -2.59. The van der Waals surface area contributed by atoms with Crippen molar-refractivity contribution in [1.29, 1.82) is 0 Å². The van der Waals surface area contributed by atoms with E-state index in [2.05, 4.69) is 48.1 Å². The largest absolute Gasteiger partial charge is 0.315 e. The van der Waals surface area contributed by atoms with Crippen LogP contribution in [0, 0.1) is 0 Å². The molecule has 124 valence electrons. The number of hydrogen-bond acceptors (Lipinski definition) is 4. The maximum absolute atomic E-state index is 3.89. The molecule has 1 unspecified atom stereocenters. The summed E-state index contributed by atoms with van der Waals surface area (Å²) in [5.41, 5.74) is 0. The molecule has 2 aliphatic rings. The second-order valence-corrected chi connectivity index (χ2v) is 7.24. The second kappa shape index (κ2) is 8.47. The summed E-state index contributed by atoms with van der Waals surface area (Å²) in [4.78, 5) is 5.34. The van der Waals surface area contributed by atoms with Crippen LogP contribution in [0.15, 0.2) is 0 Å². The molecule has 4 nitrogen and oxygen atoms in total. The van der Waals surface area contributed by atoms with Gasteiger partial charge in [-0.1, -0.05) is 6.92 Å². The van der Waals surface area contributed by atoms with Crippen molar-refractivity contribution in [3.05, 3.63) is 0 Å². The second-order valence-electron chi connectivity index (χ2n) is 7.24. The summed E-state index contributed by atoms with van der Waals surface area (Å²) in [7, 11) is 0. The molecule has 2 saturated heterocycles. The van der Waals surface area contributed by atoms with Gasteiger partial charge in [0.05, 0.1) is 0 Å². The van der Waals surface area contributed by atoms with Gasteiger partial charge in [0.1, 0.15) is 0 Å². The van der Waals surface area contributed by atoms with Gasteiger partial charge in [-0.25, -0.2) is 0 Å². The fraction of sp³-hybridized carbons (Fsp3) is 1.00. The zero-order valence-electron chi connectivity index (χ0n) is 14.6. The molecule has 0 spiro atoms. The van der Waals surface area contributed by atoms with E-state index in [1.54, 1.807) is 0 Å². The smallest absolute Gasteiger partial charge is 0.0213 e. The highest BCUT2D eigenvalue weighted by molar-refractivity contribution is 4.89. The van der Waals surface area contributed by atoms with E-state index in [1.807, 2.05) is 0 Å². The molecule has 2 aliphatic heterocycles. The molecule has 21 heavy (non-hydrogen) atoms. The first-order valence-corrected chi connectivity index (χ1v) is 9.05.